The van der Waals surface area contributed by atoms with Gasteiger partial charge in [-0.15, -0.1) is 9.05 Å². The lowest BCUT2D eigenvalue weighted by molar-refractivity contribution is 0.137. The summed E-state index contributed by atoms with van der Waals surface area (Å²) in [5, 5.41) is 10.6. The van der Waals surface area contributed by atoms with Crippen LogP contribution in [0.25, 0.3) is 0 Å². The van der Waals surface area contributed by atoms with Crippen LogP contribution in [0.5, 0.6) is 5.75 Å². The van der Waals surface area contributed by atoms with Crippen LogP contribution in [0.15, 0.2) is 18.2 Å². The number of hydrogen-bond acceptors (Lipinski definition) is 4. The Hall–Kier alpha value is -0.960. The molecule has 1 N–H and O–H groups in total. The van der Waals surface area contributed by atoms with E-state index in [-0.39, 0.29) is 6.10 Å². The number of phenolic OH excluding ortho intramolecular Hbond substituents is 1. The van der Waals surface area contributed by atoms with E-state index in [0.717, 1.165) is 56.9 Å². The fourth-order valence-corrected chi connectivity index (χ4v) is 6.32. The Morgan fingerprint density at radius 1 is 0.700 bits per heavy atom. The molecular weight excluding hydrogens is 515 g/mol. The average molecular weight is 580 g/mol. The highest BCUT2D eigenvalue weighted by atomic mass is 31.1. The summed E-state index contributed by atoms with van der Waals surface area (Å²) in [7, 11) is -2.10. The molecule has 5 heteroatoms. The van der Waals surface area contributed by atoms with E-state index in [0.29, 0.717) is 18.3 Å². The molecule has 0 saturated heterocycles. The number of rotatable bonds is 28. The second-order valence-electron chi connectivity index (χ2n) is 11.9. The highest BCUT2D eigenvalue weighted by molar-refractivity contribution is 7.33. The molecule has 0 saturated carbocycles. The van der Waals surface area contributed by atoms with E-state index < -0.39 is 8.25 Å². The lowest BCUT2D eigenvalue weighted by Crippen LogP contribution is -2.15. The standard InChI is InChI=1S/C35H63O4P/c1-5-9-13-17-20-24-33-29-32(26-27-35(33)36)31(23-19-15-11-7-3)30-34(25-21-16-12-8-4)39-40(37)38-28-22-18-14-10-6-2/h26-27,29,31,34H,5-25,28,30H2,1-4H3/p+1. The first kappa shape index (κ1) is 37.1. The fraction of sp³-hybridized carbons (Fsp3) is 0.829. The smallest absolute Gasteiger partial charge is 0.508 e. The molecule has 1 aromatic rings. The summed E-state index contributed by atoms with van der Waals surface area (Å²) in [6, 6.07) is 6.26. The predicted molar refractivity (Wildman–Crippen MR) is 173 cm³/mol. The van der Waals surface area contributed by atoms with Crippen molar-refractivity contribution in [3.05, 3.63) is 29.3 Å². The van der Waals surface area contributed by atoms with Crippen molar-refractivity contribution < 1.29 is 18.7 Å². The second-order valence-corrected chi connectivity index (χ2v) is 12.8. The molecule has 1 rings (SSSR count). The van der Waals surface area contributed by atoms with Crippen LogP contribution in [0.2, 0.25) is 0 Å². The van der Waals surface area contributed by atoms with Gasteiger partial charge in [-0.2, -0.15) is 0 Å². The van der Waals surface area contributed by atoms with Crippen LogP contribution in [0.1, 0.15) is 180 Å². The summed E-state index contributed by atoms with van der Waals surface area (Å²) in [6.45, 7) is 9.46. The molecule has 3 atom stereocenters. The summed E-state index contributed by atoms with van der Waals surface area (Å²) < 4.78 is 24.6. The van der Waals surface area contributed by atoms with E-state index in [1.807, 2.05) is 6.07 Å². The van der Waals surface area contributed by atoms with Gasteiger partial charge in [-0.1, -0.05) is 143 Å². The molecule has 1 aromatic carbocycles. The van der Waals surface area contributed by atoms with Gasteiger partial charge in [-0.05, 0) is 61.6 Å². The lowest BCUT2D eigenvalue weighted by Gasteiger charge is -2.22. The fourth-order valence-electron chi connectivity index (χ4n) is 5.54. The zero-order chi connectivity index (χ0) is 29.3. The molecule has 4 nitrogen and oxygen atoms in total. The minimum Gasteiger partial charge on any atom is -0.508 e. The summed E-state index contributed by atoms with van der Waals surface area (Å²) in [4.78, 5) is 0. The third-order valence-corrected chi connectivity index (χ3v) is 9.00. The molecule has 232 valence electrons. The molecule has 3 unspecified atom stereocenters. The number of aromatic hydroxyl groups is 1. The van der Waals surface area contributed by atoms with E-state index in [4.69, 9.17) is 9.05 Å². The zero-order valence-electron chi connectivity index (χ0n) is 26.8. The monoisotopic (exact) mass is 579 g/mol. The number of aryl methyl sites for hydroxylation is 1. The molecule has 0 aliphatic carbocycles. The molecule has 0 aliphatic rings. The van der Waals surface area contributed by atoms with Crippen molar-refractivity contribution in [1.29, 1.82) is 0 Å². The molecule has 0 spiro atoms. The van der Waals surface area contributed by atoms with Gasteiger partial charge >= 0.3 is 8.25 Å². The van der Waals surface area contributed by atoms with E-state index in [2.05, 4.69) is 39.8 Å². The van der Waals surface area contributed by atoms with Gasteiger partial charge < -0.3 is 5.11 Å². The average Bonchev–Trinajstić information content (AvgIpc) is 2.95. The first-order valence-electron chi connectivity index (χ1n) is 17.1. The number of phenols is 1. The number of unbranched alkanes of at least 4 members (excludes halogenated alkanes) is 14. The van der Waals surface area contributed by atoms with Crippen molar-refractivity contribution in [2.24, 2.45) is 0 Å². The Bertz CT molecular complexity index is 738. The first-order chi connectivity index (χ1) is 19.5. The highest BCUT2D eigenvalue weighted by Gasteiger charge is 2.30. The van der Waals surface area contributed by atoms with Crippen LogP contribution in [0.4, 0.5) is 0 Å². The van der Waals surface area contributed by atoms with Crippen molar-refractivity contribution in [3.63, 3.8) is 0 Å². The third kappa shape index (κ3) is 18.5. The van der Waals surface area contributed by atoms with Crippen LogP contribution in [0, 0.1) is 0 Å². The van der Waals surface area contributed by atoms with Crippen molar-refractivity contribution in [2.45, 2.75) is 181 Å². The van der Waals surface area contributed by atoms with Crippen LogP contribution in [-0.4, -0.2) is 17.8 Å². The maximum atomic E-state index is 12.8. The van der Waals surface area contributed by atoms with Crippen LogP contribution < -0.4 is 0 Å². The number of hydrogen-bond donors (Lipinski definition) is 1. The zero-order valence-corrected chi connectivity index (χ0v) is 27.7. The van der Waals surface area contributed by atoms with Gasteiger partial charge in [0.15, 0.2) is 0 Å². The van der Waals surface area contributed by atoms with Gasteiger partial charge in [0.1, 0.15) is 18.5 Å². The van der Waals surface area contributed by atoms with Gasteiger partial charge in [0, 0.05) is 4.57 Å². The SMILES string of the molecule is CCCCCCCO[P+](=O)OC(CCCCCC)CC(CCCCCC)c1ccc(O)c(CCCCCCC)c1. The molecule has 40 heavy (non-hydrogen) atoms. The van der Waals surface area contributed by atoms with Crippen LogP contribution >= 0.6 is 8.25 Å². The van der Waals surface area contributed by atoms with Gasteiger partial charge in [0.2, 0.25) is 0 Å². The topological polar surface area (TPSA) is 55.8 Å². The van der Waals surface area contributed by atoms with Crippen molar-refractivity contribution >= 4 is 8.25 Å². The maximum absolute atomic E-state index is 12.8. The molecule has 0 amide bonds. The van der Waals surface area contributed by atoms with Crippen LogP contribution in [-0.2, 0) is 20.0 Å². The largest absolute Gasteiger partial charge is 0.697 e. The Kier molecular flexibility index (Phi) is 23.8. The predicted octanol–water partition coefficient (Wildman–Crippen LogP) is 12.3. The minimum atomic E-state index is -2.10. The summed E-state index contributed by atoms with van der Waals surface area (Å²) in [5.74, 6) is 0.761. The minimum absolute atomic E-state index is 0.0666. The molecule has 0 radical (unpaired) electrons. The summed E-state index contributed by atoms with van der Waals surface area (Å²) in [6.07, 6.45) is 25.3. The summed E-state index contributed by atoms with van der Waals surface area (Å²) in [5.41, 5.74) is 2.37. The van der Waals surface area contributed by atoms with Gasteiger partial charge in [-0.3, -0.25) is 0 Å². The lowest BCUT2D eigenvalue weighted by atomic mass is 9.85. The quantitative estimate of drug-likeness (QED) is 0.0792. The second kappa shape index (κ2) is 25.7. The van der Waals surface area contributed by atoms with Crippen molar-refractivity contribution in [1.82, 2.24) is 0 Å². The van der Waals surface area contributed by atoms with E-state index in [1.165, 1.54) is 95.5 Å². The molecule has 0 aliphatic heterocycles. The molecule has 0 bridgehead atoms. The van der Waals surface area contributed by atoms with E-state index in [1.54, 1.807) is 0 Å². The van der Waals surface area contributed by atoms with Crippen LogP contribution in [0.3, 0.4) is 0 Å². The van der Waals surface area contributed by atoms with Gasteiger partial charge in [0.05, 0.1) is 0 Å². The Morgan fingerprint density at radius 3 is 1.88 bits per heavy atom. The highest BCUT2D eigenvalue weighted by Crippen LogP contribution is 2.37. The Labute approximate surface area is 249 Å². The van der Waals surface area contributed by atoms with Gasteiger partial charge in [-0.25, -0.2) is 0 Å². The molecule has 0 aromatic heterocycles. The molecule has 0 fully saturated rings. The van der Waals surface area contributed by atoms with Gasteiger partial charge in [0.25, 0.3) is 0 Å². The third-order valence-electron chi connectivity index (χ3n) is 8.14. The Balaban J connectivity index is 2.91. The van der Waals surface area contributed by atoms with Crippen molar-refractivity contribution in [2.75, 3.05) is 6.61 Å². The maximum Gasteiger partial charge on any atom is 0.697 e. The number of benzene rings is 1. The van der Waals surface area contributed by atoms with Crippen molar-refractivity contribution in [3.8, 4) is 5.75 Å². The van der Waals surface area contributed by atoms with E-state index in [9.17, 15) is 9.67 Å². The molecular formula is C35H64O4P+. The molecule has 0 heterocycles. The first-order valence-corrected chi connectivity index (χ1v) is 18.2. The normalized spacial score (nSPS) is 13.4. The van der Waals surface area contributed by atoms with E-state index >= 15 is 0 Å². The summed E-state index contributed by atoms with van der Waals surface area (Å²) >= 11 is 0. The Morgan fingerprint density at radius 2 is 1.25 bits per heavy atom.